The van der Waals surface area contributed by atoms with Gasteiger partial charge in [-0.05, 0) is 30.3 Å². The molecule has 2 rings (SSSR count). The number of carbonyl (C=O) groups excluding carboxylic acids is 2. The minimum absolute atomic E-state index is 0.161. The first-order valence-electron chi connectivity index (χ1n) is 7.40. The van der Waals surface area contributed by atoms with Gasteiger partial charge in [0.1, 0.15) is 11.6 Å². The van der Waals surface area contributed by atoms with E-state index in [0.29, 0.717) is 22.1 Å². The quantitative estimate of drug-likeness (QED) is 0.522. The Bertz CT molecular complexity index is 920. The molecule has 0 radical (unpaired) electrons. The second kappa shape index (κ2) is 8.90. The highest BCUT2D eigenvalue weighted by atomic mass is 35.5. The summed E-state index contributed by atoms with van der Waals surface area (Å²) in [5.74, 6) is -0.838. The standard InChI is InChI=1S/C18H14Cl2N4O2/c1-11(25)23-14-5-2-4-13(8-14)22-10-12(9-21)18(26)24-16-7-3-6-15(19)17(16)20/h2-8,10,22H,1H3,(H,23,25)(H,24,26)/b12-10-. The summed E-state index contributed by atoms with van der Waals surface area (Å²) in [4.78, 5) is 23.3. The molecule has 132 valence electrons. The van der Waals surface area contributed by atoms with Crippen molar-refractivity contribution in [2.24, 2.45) is 0 Å². The number of nitrogens with zero attached hydrogens (tertiary/aromatic N) is 1. The summed E-state index contributed by atoms with van der Waals surface area (Å²) in [5.41, 5.74) is 1.33. The van der Waals surface area contributed by atoms with Gasteiger partial charge in [-0.25, -0.2) is 0 Å². The number of rotatable bonds is 5. The first-order valence-corrected chi connectivity index (χ1v) is 8.16. The van der Waals surface area contributed by atoms with Crippen molar-refractivity contribution in [3.8, 4) is 6.07 Å². The lowest BCUT2D eigenvalue weighted by molar-refractivity contribution is -0.114. The van der Waals surface area contributed by atoms with Gasteiger partial charge in [-0.3, -0.25) is 9.59 Å². The minimum Gasteiger partial charge on any atom is -0.360 e. The highest BCUT2D eigenvalue weighted by Crippen LogP contribution is 2.29. The van der Waals surface area contributed by atoms with Crippen LogP contribution in [-0.4, -0.2) is 11.8 Å². The lowest BCUT2D eigenvalue weighted by Gasteiger charge is -2.08. The highest BCUT2D eigenvalue weighted by Gasteiger charge is 2.12. The molecule has 2 aromatic rings. The van der Waals surface area contributed by atoms with Crippen molar-refractivity contribution in [2.75, 3.05) is 16.0 Å². The summed E-state index contributed by atoms with van der Waals surface area (Å²) >= 11 is 11.9. The molecule has 0 saturated heterocycles. The van der Waals surface area contributed by atoms with Crippen LogP contribution in [0.4, 0.5) is 17.1 Å². The second-order valence-corrected chi connectivity index (χ2v) is 5.92. The van der Waals surface area contributed by atoms with E-state index in [1.807, 2.05) is 6.07 Å². The third kappa shape index (κ3) is 5.24. The van der Waals surface area contributed by atoms with Crippen molar-refractivity contribution in [1.82, 2.24) is 0 Å². The van der Waals surface area contributed by atoms with Crippen molar-refractivity contribution in [2.45, 2.75) is 6.92 Å². The van der Waals surface area contributed by atoms with E-state index < -0.39 is 5.91 Å². The Morgan fingerprint density at radius 2 is 1.77 bits per heavy atom. The maximum Gasteiger partial charge on any atom is 0.267 e. The van der Waals surface area contributed by atoms with Gasteiger partial charge in [0, 0.05) is 24.5 Å². The molecular weight excluding hydrogens is 375 g/mol. The van der Waals surface area contributed by atoms with E-state index in [0.717, 1.165) is 0 Å². The van der Waals surface area contributed by atoms with Crippen LogP contribution in [0.25, 0.3) is 0 Å². The largest absolute Gasteiger partial charge is 0.360 e. The summed E-state index contributed by atoms with van der Waals surface area (Å²) in [7, 11) is 0. The molecule has 26 heavy (non-hydrogen) atoms. The molecule has 2 aromatic carbocycles. The third-order valence-electron chi connectivity index (χ3n) is 3.13. The summed E-state index contributed by atoms with van der Waals surface area (Å²) < 4.78 is 0. The predicted octanol–water partition coefficient (Wildman–Crippen LogP) is 4.41. The Morgan fingerprint density at radius 1 is 1.08 bits per heavy atom. The lowest BCUT2D eigenvalue weighted by atomic mass is 10.2. The Hall–Kier alpha value is -3.01. The predicted molar refractivity (Wildman–Crippen MR) is 103 cm³/mol. The monoisotopic (exact) mass is 388 g/mol. The number of nitriles is 1. The number of hydrogen-bond donors (Lipinski definition) is 3. The van der Waals surface area contributed by atoms with E-state index >= 15 is 0 Å². The SMILES string of the molecule is CC(=O)Nc1cccc(N/C=C(/C#N)C(=O)Nc2cccc(Cl)c2Cl)c1. The Kier molecular flexibility index (Phi) is 6.61. The molecular formula is C18H14Cl2N4O2. The van der Waals surface area contributed by atoms with Crippen molar-refractivity contribution in [1.29, 1.82) is 5.26 Å². The molecule has 0 spiro atoms. The molecule has 8 heteroatoms. The van der Waals surface area contributed by atoms with Crippen molar-refractivity contribution < 1.29 is 9.59 Å². The van der Waals surface area contributed by atoms with Gasteiger partial charge >= 0.3 is 0 Å². The van der Waals surface area contributed by atoms with Crippen LogP contribution in [0, 0.1) is 11.3 Å². The molecule has 0 aliphatic carbocycles. The molecule has 0 aliphatic heterocycles. The van der Waals surface area contributed by atoms with Crippen LogP contribution >= 0.6 is 23.2 Å². The van der Waals surface area contributed by atoms with Crippen LogP contribution in [0.15, 0.2) is 54.2 Å². The number of benzene rings is 2. The molecule has 0 bridgehead atoms. The Balaban J connectivity index is 2.12. The molecule has 0 saturated carbocycles. The van der Waals surface area contributed by atoms with Gasteiger partial charge in [0.05, 0.1) is 15.7 Å². The fourth-order valence-corrected chi connectivity index (χ4v) is 2.33. The smallest absolute Gasteiger partial charge is 0.267 e. The average molecular weight is 389 g/mol. The highest BCUT2D eigenvalue weighted by molar-refractivity contribution is 6.44. The zero-order valence-electron chi connectivity index (χ0n) is 13.6. The van der Waals surface area contributed by atoms with Crippen LogP contribution in [0.1, 0.15) is 6.92 Å². The average Bonchev–Trinajstić information content (AvgIpc) is 2.59. The van der Waals surface area contributed by atoms with E-state index in [4.69, 9.17) is 23.2 Å². The topological polar surface area (TPSA) is 94.0 Å². The van der Waals surface area contributed by atoms with Crippen LogP contribution < -0.4 is 16.0 Å². The van der Waals surface area contributed by atoms with Gasteiger partial charge in [0.25, 0.3) is 5.91 Å². The van der Waals surface area contributed by atoms with E-state index in [9.17, 15) is 14.9 Å². The van der Waals surface area contributed by atoms with Gasteiger partial charge in [0.15, 0.2) is 0 Å². The van der Waals surface area contributed by atoms with E-state index in [1.54, 1.807) is 42.5 Å². The van der Waals surface area contributed by atoms with Crippen LogP contribution in [0.5, 0.6) is 0 Å². The molecule has 0 aliphatic rings. The fraction of sp³-hybridized carbons (Fsp3) is 0.0556. The summed E-state index contributed by atoms with van der Waals surface area (Å²) in [6.07, 6.45) is 1.26. The van der Waals surface area contributed by atoms with Crippen LogP contribution in [-0.2, 0) is 9.59 Å². The maximum absolute atomic E-state index is 12.2. The fourth-order valence-electron chi connectivity index (χ4n) is 1.98. The zero-order chi connectivity index (χ0) is 19.1. The van der Waals surface area contributed by atoms with Crippen molar-refractivity contribution in [3.63, 3.8) is 0 Å². The maximum atomic E-state index is 12.2. The molecule has 0 fully saturated rings. The van der Waals surface area contributed by atoms with Crippen LogP contribution in [0.2, 0.25) is 10.0 Å². The second-order valence-electron chi connectivity index (χ2n) is 5.13. The number of nitrogens with one attached hydrogen (secondary N) is 3. The molecule has 3 N–H and O–H groups in total. The minimum atomic E-state index is -0.637. The number of hydrogen-bond acceptors (Lipinski definition) is 4. The first kappa shape index (κ1) is 19.3. The Morgan fingerprint density at radius 3 is 2.46 bits per heavy atom. The van der Waals surface area contributed by atoms with Crippen LogP contribution in [0.3, 0.4) is 0 Å². The molecule has 6 nitrogen and oxygen atoms in total. The van der Waals surface area contributed by atoms with Gasteiger partial charge in [-0.1, -0.05) is 35.3 Å². The van der Waals surface area contributed by atoms with Gasteiger partial charge < -0.3 is 16.0 Å². The van der Waals surface area contributed by atoms with E-state index in [1.165, 1.54) is 13.1 Å². The summed E-state index contributed by atoms with van der Waals surface area (Å²) in [6.45, 7) is 1.40. The molecule has 0 aromatic heterocycles. The normalized spacial score (nSPS) is 10.6. The Labute approximate surface area is 160 Å². The number of anilines is 3. The van der Waals surface area contributed by atoms with E-state index in [2.05, 4.69) is 16.0 Å². The number of amides is 2. The molecule has 0 heterocycles. The zero-order valence-corrected chi connectivity index (χ0v) is 15.2. The molecule has 0 atom stereocenters. The lowest BCUT2D eigenvalue weighted by Crippen LogP contribution is -2.15. The van der Waals surface area contributed by atoms with Crippen molar-refractivity contribution >= 4 is 52.1 Å². The van der Waals surface area contributed by atoms with E-state index in [-0.39, 0.29) is 16.5 Å². The molecule has 2 amide bonds. The third-order valence-corrected chi connectivity index (χ3v) is 3.95. The van der Waals surface area contributed by atoms with Gasteiger partial charge in [-0.15, -0.1) is 0 Å². The molecule has 0 unspecified atom stereocenters. The van der Waals surface area contributed by atoms with Gasteiger partial charge in [-0.2, -0.15) is 5.26 Å². The number of halogens is 2. The number of carbonyl (C=O) groups is 2. The summed E-state index contributed by atoms with van der Waals surface area (Å²) in [5, 5.41) is 17.7. The van der Waals surface area contributed by atoms with Crippen molar-refractivity contribution in [3.05, 3.63) is 64.3 Å². The summed E-state index contributed by atoms with van der Waals surface area (Å²) in [6, 6.07) is 13.4. The van der Waals surface area contributed by atoms with Gasteiger partial charge in [0.2, 0.25) is 5.91 Å². The first-order chi connectivity index (χ1) is 12.4.